The molecule has 0 spiro atoms. The van der Waals surface area contributed by atoms with Crippen LogP contribution in [0.1, 0.15) is 44.0 Å². The van der Waals surface area contributed by atoms with Crippen LogP contribution in [0.4, 0.5) is 4.79 Å². The summed E-state index contributed by atoms with van der Waals surface area (Å²) in [6.07, 6.45) is 4.40. The molecule has 0 aromatic carbocycles. The van der Waals surface area contributed by atoms with Crippen LogP contribution in [0, 0.1) is 0 Å². The Labute approximate surface area is 130 Å². The molecule has 1 aliphatic rings. The van der Waals surface area contributed by atoms with E-state index in [1.165, 1.54) is 0 Å². The van der Waals surface area contributed by atoms with Crippen LogP contribution in [-0.4, -0.2) is 51.4 Å². The van der Waals surface area contributed by atoms with Crippen LogP contribution in [0.25, 0.3) is 0 Å². The van der Waals surface area contributed by atoms with Crippen molar-refractivity contribution < 1.29 is 14.3 Å². The highest BCUT2D eigenvalue weighted by Crippen LogP contribution is 2.15. The molecule has 7 nitrogen and oxygen atoms in total. The number of ether oxygens (including phenoxy) is 1. The standard InChI is InChI=1S/C15H24N4O3/c1-15(2,3)22-14(21)19-7-5-12(6-8-19)17-13(20)11-9-16-18(4)10-11/h9-10,12H,5-8H2,1-4H3,(H,17,20). The summed E-state index contributed by atoms with van der Waals surface area (Å²) >= 11 is 0. The first-order valence-corrected chi connectivity index (χ1v) is 7.52. The summed E-state index contributed by atoms with van der Waals surface area (Å²) in [5.74, 6) is -0.121. The second-order valence-electron chi connectivity index (χ2n) is 6.62. The summed E-state index contributed by atoms with van der Waals surface area (Å²) in [6, 6.07) is 0.0754. The Morgan fingerprint density at radius 3 is 2.45 bits per heavy atom. The normalized spacial score (nSPS) is 16.5. The molecular weight excluding hydrogens is 284 g/mol. The monoisotopic (exact) mass is 308 g/mol. The lowest BCUT2D eigenvalue weighted by Crippen LogP contribution is -2.47. The van der Waals surface area contributed by atoms with Crippen LogP contribution in [-0.2, 0) is 11.8 Å². The number of aromatic nitrogens is 2. The quantitative estimate of drug-likeness (QED) is 0.899. The van der Waals surface area contributed by atoms with Crippen molar-refractivity contribution in [2.75, 3.05) is 13.1 Å². The lowest BCUT2D eigenvalue weighted by Gasteiger charge is -2.33. The van der Waals surface area contributed by atoms with Crippen LogP contribution in [0.3, 0.4) is 0 Å². The van der Waals surface area contributed by atoms with Gasteiger partial charge in [-0.3, -0.25) is 9.48 Å². The minimum absolute atomic E-state index is 0.0754. The number of likely N-dealkylation sites (tertiary alicyclic amines) is 1. The van der Waals surface area contributed by atoms with Gasteiger partial charge in [0.05, 0.1) is 11.8 Å². The van der Waals surface area contributed by atoms with E-state index in [9.17, 15) is 9.59 Å². The highest BCUT2D eigenvalue weighted by atomic mass is 16.6. The highest BCUT2D eigenvalue weighted by Gasteiger charge is 2.27. The van der Waals surface area contributed by atoms with Crippen molar-refractivity contribution in [1.82, 2.24) is 20.0 Å². The van der Waals surface area contributed by atoms with E-state index in [2.05, 4.69) is 10.4 Å². The zero-order valence-corrected chi connectivity index (χ0v) is 13.6. The van der Waals surface area contributed by atoms with Crippen LogP contribution in [0.5, 0.6) is 0 Å². The van der Waals surface area contributed by atoms with Gasteiger partial charge in [0.25, 0.3) is 5.91 Å². The summed E-state index contributed by atoms with van der Waals surface area (Å²) in [5, 5.41) is 6.97. The zero-order valence-electron chi connectivity index (χ0n) is 13.6. The first-order valence-electron chi connectivity index (χ1n) is 7.52. The van der Waals surface area contributed by atoms with Crippen LogP contribution in [0.2, 0.25) is 0 Å². The molecule has 22 heavy (non-hydrogen) atoms. The topological polar surface area (TPSA) is 76.5 Å². The Morgan fingerprint density at radius 2 is 1.95 bits per heavy atom. The number of aryl methyl sites for hydroxylation is 1. The second-order valence-corrected chi connectivity index (χ2v) is 6.62. The molecule has 0 bridgehead atoms. The average Bonchev–Trinajstić information content (AvgIpc) is 2.84. The molecule has 0 saturated carbocycles. The molecule has 7 heteroatoms. The number of nitrogens with one attached hydrogen (secondary N) is 1. The molecule has 1 fully saturated rings. The van der Waals surface area contributed by atoms with E-state index in [4.69, 9.17) is 4.74 Å². The summed E-state index contributed by atoms with van der Waals surface area (Å²) in [5.41, 5.74) is 0.0692. The molecule has 0 atom stereocenters. The lowest BCUT2D eigenvalue weighted by atomic mass is 10.1. The lowest BCUT2D eigenvalue weighted by molar-refractivity contribution is 0.0199. The van der Waals surface area contributed by atoms with E-state index in [0.717, 1.165) is 12.8 Å². The van der Waals surface area contributed by atoms with Gasteiger partial charge in [-0.2, -0.15) is 5.10 Å². The van der Waals surface area contributed by atoms with Gasteiger partial charge < -0.3 is 15.0 Å². The fraction of sp³-hybridized carbons (Fsp3) is 0.667. The number of rotatable bonds is 2. The molecule has 2 amide bonds. The van der Waals surface area contributed by atoms with Crippen molar-refractivity contribution in [3.63, 3.8) is 0 Å². The number of carbonyl (C=O) groups excluding carboxylic acids is 2. The maximum absolute atomic E-state index is 12.1. The molecule has 122 valence electrons. The van der Waals surface area contributed by atoms with Crippen molar-refractivity contribution in [3.8, 4) is 0 Å². The third-order valence-electron chi connectivity index (χ3n) is 3.45. The van der Waals surface area contributed by atoms with E-state index < -0.39 is 5.60 Å². The number of hydrogen-bond donors (Lipinski definition) is 1. The third-order valence-corrected chi connectivity index (χ3v) is 3.45. The van der Waals surface area contributed by atoms with Gasteiger partial charge in [-0.05, 0) is 33.6 Å². The molecule has 0 unspecified atom stereocenters. The van der Waals surface area contributed by atoms with Crippen LogP contribution < -0.4 is 5.32 Å². The first kappa shape index (κ1) is 16.3. The van der Waals surface area contributed by atoms with E-state index in [1.807, 2.05) is 20.8 Å². The number of nitrogens with zero attached hydrogens (tertiary/aromatic N) is 3. The fourth-order valence-corrected chi connectivity index (χ4v) is 2.34. The Bertz CT molecular complexity index is 539. The van der Waals surface area contributed by atoms with Gasteiger partial charge in [0.15, 0.2) is 0 Å². The molecule has 1 aromatic heterocycles. The van der Waals surface area contributed by atoms with Gasteiger partial charge in [-0.15, -0.1) is 0 Å². The predicted molar refractivity (Wildman–Crippen MR) is 81.5 cm³/mol. The molecule has 2 rings (SSSR count). The minimum atomic E-state index is -0.484. The molecule has 1 saturated heterocycles. The Hall–Kier alpha value is -2.05. The van der Waals surface area contributed by atoms with Gasteiger partial charge >= 0.3 is 6.09 Å². The third kappa shape index (κ3) is 4.47. The largest absolute Gasteiger partial charge is 0.444 e. The van der Waals surface area contributed by atoms with E-state index >= 15 is 0 Å². The van der Waals surface area contributed by atoms with Gasteiger partial charge in [0.1, 0.15) is 5.60 Å². The molecule has 1 aliphatic heterocycles. The van der Waals surface area contributed by atoms with Crippen LogP contribution in [0.15, 0.2) is 12.4 Å². The van der Waals surface area contributed by atoms with Crippen molar-refractivity contribution in [3.05, 3.63) is 18.0 Å². The Morgan fingerprint density at radius 1 is 1.32 bits per heavy atom. The predicted octanol–water partition coefficient (Wildman–Crippen LogP) is 1.55. The van der Waals surface area contributed by atoms with Crippen molar-refractivity contribution in [2.24, 2.45) is 7.05 Å². The smallest absolute Gasteiger partial charge is 0.410 e. The minimum Gasteiger partial charge on any atom is -0.444 e. The number of piperidine rings is 1. The average molecular weight is 308 g/mol. The molecule has 1 N–H and O–H groups in total. The summed E-state index contributed by atoms with van der Waals surface area (Å²) in [6.45, 7) is 6.74. The van der Waals surface area contributed by atoms with Gasteiger partial charge in [-0.1, -0.05) is 0 Å². The van der Waals surface area contributed by atoms with Crippen molar-refractivity contribution in [1.29, 1.82) is 0 Å². The first-order chi connectivity index (χ1) is 10.2. The van der Waals surface area contributed by atoms with E-state index in [-0.39, 0.29) is 18.0 Å². The molecular formula is C15H24N4O3. The summed E-state index contributed by atoms with van der Waals surface area (Å²) in [4.78, 5) is 25.7. The van der Waals surface area contributed by atoms with Gasteiger partial charge in [-0.25, -0.2) is 4.79 Å². The summed E-state index contributed by atoms with van der Waals surface area (Å²) < 4.78 is 6.95. The van der Waals surface area contributed by atoms with Gasteiger partial charge in [0.2, 0.25) is 0 Å². The molecule has 2 heterocycles. The molecule has 0 aliphatic carbocycles. The van der Waals surface area contributed by atoms with Gasteiger partial charge in [0, 0.05) is 32.4 Å². The Kier molecular flexibility index (Phi) is 4.73. The van der Waals surface area contributed by atoms with E-state index in [1.54, 1.807) is 29.0 Å². The maximum Gasteiger partial charge on any atom is 0.410 e. The Balaban J connectivity index is 1.80. The highest BCUT2D eigenvalue weighted by molar-refractivity contribution is 5.93. The maximum atomic E-state index is 12.1. The SMILES string of the molecule is Cn1cc(C(=O)NC2CCN(C(=O)OC(C)(C)C)CC2)cn1. The van der Waals surface area contributed by atoms with Crippen LogP contribution >= 0.6 is 0 Å². The number of hydrogen-bond acceptors (Lipinski definition) is 4. The number of amides is 2. The molecule has 0 radical (unpaired) electrons. The van der Waals surface area contributed by atoms with Crippen molar-refractivity contribution >= 4 is 12.0 Å². The van der Waals surface area contributed by atoms with Crippen molar-refractivity contribution in [2.45, 2.75) is 45.3 Å². The summed E-state index contributed by atoms with van der Waals surface area (Å²) in [7, 11) is 1.77. The second kappa shape index (κ2) is 6.37. The van der Waals surface area contributed by atoms with E-state index in [0.29, 0.717) is 18.7 Å². The number of carbonyl (C=O) groups is 2. The molecule has 1 aromatic rings. The fourth-order valence-electron chi connectivity index (χ4n) is 2.34. The zero-order chi connectivity index (χ0) is 16.3.